The summed E-state index contributed by atoms with van der Waals surface area (Å²) in [7, 11) is 0. The number of furan rings is 1. The molecular formula is C16H14BrNO. The predicted molar refractivity (Wildman–Crippen MR) is 81.1 cm³/mol. The topological polar surface area (TPSA) is 39.2 Å². The van der Waals surface area contributed by atoms with Crippen molar-refractivity contribution >= 4 is 26.9 Å². The minimum Gasteiger partial charge on any atom is -0.458 e. The van der Waals surface area contributed by atoms with Gasteiger partial charge in [-0.15, -0.1) is 0 Å². The molecule has 1 unspecified atom stereocenters. The normalized spacial score (nSPS) is 12.8. The van der Waals surface area contributed by atoms with Crippen molar-refractivity contribution in [3.05, 3.63) is 69.9 Å². The summed E-state index contributed by atoms with van der Waals surface area (Å²) >= 11 is 3.49. The molecule has 1 aromatic heterocycles. The van der Waals surface area contributed by atoms with Gasteiger partial charge in [-0.1, -0.05) is 42.0 Å². The van der Waals surface area contributed by atoms with Gasteiger partial charge in [-0.25, -0.2) is 0 Å². The molecule has 0 bridgehead atoms. The number of benzene rings is 2. The maximum absolute atomic E-state index is 6.27. The SMILES string of the molecule is Cc1ccc(C(N)c2cc3cccc(Br)c3o2)cc1. The number of aryl methyl sites for hydroxylation is 1. The van der Waals surface area contributed by atoms with Crippen LogP contribution in [0.2, 0.25) is 0 Å². The smallest absolute Gasteiger partial charge is 0.148 e. The van der Waals surface area contributed by atoms with E-state index in [-0.39, 0.29) is 6.04 Å². The van der Waals surface area contributed by atoms with Crippen molar-refractivity contribution in [3.63, 3.8) is 0 Å². The number of halogens is 1. The van der Waals surface area contributed by atoms with E-state index in [1.54, 1.807) is 0 Å². The minimum atomic E-state index is -0.236. The summed E-state index contributed by atoms with van der Waals surface area (Å²) in [6, 6.07) is 16.0. The molecule has 2 N–H and O–H groups in total. The van der Waals surface area contributed by atoms with E-state index in [0.29, 0.717) is 0 Å². The average Bonchev–Trinajstić information content (AvgIpc) is 2.84. The Morgan fingerprint density at radius 1 is 1.11 bits per heavy atom. The summed E-state index contributed by atoms with van der Waals surface area (Å²) < 4.78 is 6.82. The molecule has 2 aromatic carbocycles. The van der Waals surface area contributed by atoms with Crippen LogP contribution in [0.4, 0.5) is 0 Å². The van der Waals surface area contributed by atoms with Crippen molar-refractivity contribution in [2.45, 2.75) is 13.0 Å². The fourth-order valence-corrected chi connectivity index (χ4v) is 2.60. The second-order valence-electron chi connectivity index (χ2n) is 4.70. The molecule has 3 aromatic rings. The van der Waals surface area contributed by atoms with E-state index in [0.717, 1.165) is 26.8 Å². The van der Waals surface area contributed by atoms with E-state index in [9.17, 15) is 0 Å². The molecule has 0 aliphatic carbocycles. The van der Waals surface area contributed by atoms with Gasteiger partial charge in [0, 0.05) is 5.39 Å². The van der Waals surface area contributed by atoms with Crippen molar-refractivity contribution in [2.75, 3.05) is 0 Å². The quantitative estimate of drug-likeness (QED) is 0.753. The maximum Gasteiger partial charge on any atom is 0.148 e. The van der Waals surface area contributed by atoms with Gasteiger partial charge in [-0.3, -0.25) is 0 Å². The summed E-state index contributed by atoms with van der Waals surface area (Å²) in [5, 5.41) is 1.06. The fourth-order valence-electron chi connectivity index (χ4n) is 2.14. The van der Waals surface area contributed by atoms with E-state index in [2.05, 4.69) is 35.0 Å². The Kier molecular flexibility index (Phi) is 3.17. The molecule has 0 saturated carbocycles. The standard InChI is InChI=1S/C16H14BrNO/c1-10-5-7-11(8-6-10)15(18)14-9-12-3-2-4-13(17)16(12)19-14/h2-9,15H,18H2,1H3. The molecule has 0 spiro atoms. The largest absolute Gasteiger partial charge is 0.458 e. The Morgan fingerprint density at radius 2 is 1.84 bits per heavy atom. The van der Waals surface area contributed by atoms with Crippen LogP contribution in [0.1, 0.15) is 22.9 Å². The molecule has 0 amide bonds. The molecule has 3 heteroatoms. The highest BCUT2D eigenvalue weighted by atomic mass is 79.9. The first-order valence-electron chi connectivity index (χ1n) is 6.15. The summed E-state index contributed by atoms with van der Waals surface area (Å²) in [5.74, 6) is 0.783. The van der Waals surface area contributed by atoms with Gasteiger partial charge >= 0.3 is 0 Å². The van der Waals surface area contributed by atoms with Crippen molar-refractivity contribution in [1.82, 2.24) is 0 Å². The molecule has 19 heavy (non-hydrogen) atoms. The predicted octanol–water partition coefficient (Wildman–Crippen LogP) is 4.55. The third-order valence-corrected chi connectivity index (χ3v) is 3.88. The third-order valence-electron chi connectivity index (χ3n) is 3.26. The Morgan fingerprint density at radius 3 is 2.53 bits per heavy atom. The highest BCUT2D eigenvalue weighted by Gasteiger charge is 2.15. The minimum absolute atomic E-state index is 0.236. The molecule has 0 fully saturated rings. The van der Waals surface area contributed by atoms with Gasteiger partial charge in [-0.2, -0.15) is 0 Å². The highest BCUT2D eigenvalue weighted by Crippen LogP contribution is 2.31. The number of fused-ring (bicyclic) bond motifs is 1. The first-order chi connectivity index (χ1) is 9.15. The summed E-state index contributed by atoms with van der Waals surface area (Å²) in [6.45, 7) is 2.06. The zero-order valence-corrected chi connectivity index (χ0v) is 12.1. The van der Waals surface area contributed by atoms with Crippen molar-refractivity contribution in [3.8, 4) is 0 Å². The number of nitrogens with two attached hydrogens (primary N) is 1. The van der Waals surface area contributed by atoms with Crippen LogP contribution >= 0.6 is 15.9 Å². The number of hydrogen-bond acceptors (Lipinski definition) is 2. The number of rotatable bonds is 2. The van der Waals surface area contributed by atoms with Crippen molar-refractivity contribution in [1.29, 1.82) is 0 Å². The van der Waals surface area contributed by atoms with Crippen LogP contribution in [-0.2, 0) is 0 Å². The van der Waals surface area contributed by atoms with Gasteiger partial charge < -0.3 is 10.2 Å². The number of hydrogen-bond donors (Lipinski definition) is 1. The lowest BCUT2D eigenvalue weighted by Gasteiger charge is -2.09. The second-order valence-corrected chi connectivity index (χ2v) is 5.55. The Hall–Kier alpha value is -1.58. The third kappa shape index (κ3) is 2.31. The van der Waals surface area contributed by atoms with Gasteiger partial charge in [0.2, 0.25) is 0 Å². The molecule has 3 rings (SSSR count). The monoisotopic (exact) mass is 315 g/mol. The van der Waals surface area contributed by atoms with Gasteiger partial charge in [0.1, 0.15) is 11.3 Å². The van der Waals surface area contributed by atoms with Crippen molar-refractivity contribution in [2.24, 2.45) is 5.73 Å². The van der Waals surface area contributed by atoms with Crippen LogP contribution in [0.3, 0.4) is 0 Å². The highest BCUT2D eigenvalue weighted by molar-refractivity contribution is 9.10. The van der Waals surface area contributed by atoms with E-state index in [1.807, 2.05) is 36.4 Å². The van der Waals surface area contributed by atoms with Gasteiger partial charge in [-0.05, 0) is 40.5 Å². The average molecular weight is 316 g/mol. The zero-order chi connectivity index (χ0) is 13.4. The van der Waals surface area contributed by atoms with Crippen molar-refractivity contribution < 1.29 is 4.42 Å². The lowest BCUT2D eigenvalue weighted by molar-refractivity contribution is 0.524. The van der Waals surface area contributed by atoms with Gasteiger partial charge in [0.25, 0.3) is 0 Å². The first kappa shape index (κ1) is 12.5. The lowest BCUT2D eigenvalue weighted by atomic mass is 10.0. The van der Waals surface area contributed by atoms with Crippen LogP contribution in [0.15, 0.2) is 57.4 Å². The molecule has 2 nitrogen and oxygen atoms in total. The summed E-state index contributed by atoms with van der Waals surface area (Å²) in [4.78, 5) is 0. The molecule has 0 aliphatic rings. The first-order valence-corrected chi connectivity index (χ1v) is 6.94. The van der Waals surface area contributed by atoms with Crippen LogP contribution in [0.5, 0.6) is 0 Å². The fraction of sp³-hybridized carbons (Fsp3) is 0.125. The molecular weight excluding hydrogens is 302 g/mol. The Balaban J connectivity index is 2.04. The zero-order valence-electron chi connectivity index (χ0n) is 10.6. The summed E-state index contributed by atoms with van der Waals surface area (Å²) in [5.41, 5.74) is 9.40. The van der Waals surface area contributed by atoms with E-state index < -0.39 is 0 Å². The Bertz CT molecular complexity index is 715. The summed E-state index contributed by atoms with van der Waals surface area (Å²) in [6.07, 6.45) is 0. The molecule has 1 atom stereocenters. The van der Waals surface area contributed by atoms with Gasteiger partial charge in [0.05, 0.1) is 10.5 Å². The Labute approximate surface area is 120 Å². The van der Waals surface area contributed by atoms with Crippen LogP contribution in [0.25, 0.3) is 11.0 Å². The van der Waals surface area contributed by atoms with E-state index in [4.69, 9.17) is 10.2 Å². The number of para-hydroxylation sites is 1. The molecule has 0 radical (unpaired) electrons. The maximum atomic E-state index is 6.27. The van der Waals surface area contributed by atoms with Crippen LogP contribution < -0.4 is 5.73 Å². The van der Waals surface area contributed by atoms with Crippen LogP contribution in [-0.4, -0.2) is 0 Å². The molecule has 1 heterocycles. The molecule has 96 valence electrons. The van der Waals surface area contributed by atoms with E-state index >= 15 is 0 Å². The molecule has 0 aliphatic heterocycles. The lowest BCUT2D eigenvalue weighted by Crippen LogP contribution is -2.10. The van der Waals surface area contributed by atoms with E-state index in [1.165, 1.54) is 5.56 Å². The van der Waals surface area contributed by atoms with Crippen LogP contribution in [0, 0.1) is 6.92 Å². The molecule has 0 saturated heterocycles. The second kappa shape index (κ2) is 4.83. The van der Waals surface area contributed by atoms with Gasteiger partial charge in [0.15, 0.2) is 0 Å².